The molecule has 2 rings (SSSR count). The molecule has 1 N–H and O–H groups in total. The topological polar surface area (TPSA) is 55.4 Å². The van der Waals surface area contributed by atoms with Crippen molar-refractivity contribution in [1.82, 2.24) is 5.32 Å². The maximum absolute atomic E-state index is 13.9. The van der Waals surface area contributed by atoms with Crippen LogP contribution >= 0.6 is 11.6 Å². The number of nitrogens with one attached hydrogen (secondary N) is 1. The summed E-state index contributed by atoms with van der Waals surface area (Å²) in [5, 5.41) is 3.01. The summed E-state index contributed by atoms with van der Waals surface area (Å²) in [5.74, 6) is -1.39. The summed E-state index contributed by atoms with van der Waals surface area (Å²) < 4.78 is 19.1. The van der Waals surface area contributed by atoms with Crippen LogP contribution in [0.4, 0.5) is 4.39 Å². The second-order valence-corrected chi connectivity index (χ2v) is 7.09. The van der Waals surface area contributed by atoms with E-state index in [2.05, 4.69) is 5.32 Å². The Hall–Kier alpha value is -1.62. The summed E-state index contributed by atoms with van der Waals surface area (Å²) in [7, 11) is 0. The van der Waals surface area contributed by atoms with E-state index in [0.29, 0.717) is 0 Å². The molecule has 1 atom stereocenters. The largest absolute Gasteiger partial charge is 0.464 e. The van der Waals surface area contributed by atoms with Crippen LogP contribution in [0.5, 0.6) is 0 Å². The third kappa shape index (κ3) is 4.72. The molecule has 0 saturated heterocycles. The van der Waals surface area contributed by atoms with Crippen molar-refractivity contribution in [3.63, 3.8) is 0 Å². The Morgan fingerprint density at radius 2 is 2.00 bits per heavy atom. The molecule has 1 amide bonds. The van der Waals surface area contributed by atoms with E-state index < -0.39 is 23.2 Å². The van der Waals surface area contributed by atoms with Gasteiger partial charge in [-0.15, -0.1) is 0 Å². The Morgan fingerprint density at radius 1 is 1.32 bits per heavy atom. The van der Waals surface area contributed by atoms with Gasteiger partial charge < -0.3 is 10.1 Å². The molecule has 4 nitrogen and oxygen atoms in total. The minimum absolute atomic E-state index is 0.0142. The first kappa shape index (κ1) is 19.7. The van der Waals surface area contributed by atoms with E-state index in [4.69, 9.17) is 16.3 Å². The highest BCUT2D eigenvalue weighted by Crippen LogP contribution is 2.34. The molecule has 25 heavy (non-hydrogen) atoms. The normalized spacial score (nSPS) is 17.6. The van der Waals surface area contributed by atoms with Crippen molar-refractivity contribution < 1.29 is 18.7 Å². The van der Waals surface area contributed by atoms with Gasteiger partial charge in [-0.2, -0.15) is 0 Å². The van der Waals surface area contributed by atoms with Crippen molar-refractivity contribution in [2.24, 2.45) is 5.92 Å². The van der Waals surface area contributed by atoms with E-state index in [-0.39, 0.29) is 29.5 Å². The molecule has 0 unspecified atom stereocenters. The van der Waals surface area contributed by atoms with Crippen molar-refractivity contribution in [3.8, 4) is 0 Å². The van der Waals surface area contributed by atoms with Crippen molar-refractivity contribution in [2.45, 2.75) is 57.9 Å². The summed E-state index contributed by atoms with van der Waals surface area (Å²) >= 11 is 5.99. The number of amides is 1. The first-order valence-electron chi connectivity index (χ1n) is 8.79. The van der Waals surface area contributed by atoms with Crippen LogP contribution in [0.3, 0.4) is 0 Å². The van der Waals surface area contributed by atoms with Crippen LogP contribution in [0.25, 0.3) is 0 Å². The van der Waals surface area contributed by atoms with Gasteiger partial charge in [-0.25, -0.2) is 9.18 Å². The van der Waals surface area contributed by atoms with Crippen LogP contribution in [-0.2, 0) is 20.7 Å². The Labute approximate surface area is 153 Å². The zero-order chi connectivity index (χ0) is 18.4. The molecule has 0 aliphatic heterocycles. The number of hydrogen-bond acceptors (Lipinski definition) is 3. The van der Waals surface area contributed by atoms with Crippen molar-refractivity contribution >= 4 is 23.5 Å². The Morgan fingerprint density at radius 3 is 2.60 bits per heavy atom. The molecular weight excluding hydrogens is 345 g/mol. The van der Waals surface area contributed by atoms with Gasteiger partial charge in [0.25, 0.3) is 0 Å². The van der Waals surface area contributed by atoms with Crippen LogP contribution in [0.15, 0.2) is 18.2 Å². The Bertz CT molecular complexity index is 611. The van der Waals surface area contributed by atoms with Gasteiger partial charge >= 0.3 is 5.97 Å². The van der Waals surface area contributed by atoms with Crippen molar-refractivity contribution in [1.29, 1.82) is 0 Å². The lowest BCUT2D eigenvalue weighted by atomic mass is 9.75. The zero-order valence-corrected chi connectivity index (χ0v) is 15.5. The van der Waals surface area contributed by atoms with Crippen molar-refractivity contribution in [2.75, 3.05) is 6.61 Å². The molecule has 0 aromatic heterocycles. The fourth-order valence-corrected chi connectivity index (χ4v) is 3.71. The molecule has 1 aliphatic carbocycles. The highest BCUT2D eigenvalue weighted by molar-refractivity contribution is 6.31. The van der Waals surface area contributed by atoms with Gasteiger partial charge in [-0.1, -0.05) is 36.9 Å². The number of esters is 1. The van der Waals surface area contributed by atoms with E-state index in [9.17, 15) is 14.0 Å². The number of benzene rings is 1. The van der Waals surface area contributed by atoms with Gasteiger partial charge in [-0.3, -0.25) is 4.79 Å². The third-order valence-corrected chi connectivity index (χ3v) is 5.27. The minimum atomic E-state index is -1.11. The molecule has 1 aromatic rings. The lowest BCUT2D eigenvalue weighted by Crippen LogP contribution is -2.58. The number of hydrogen-bond donors (Lipinski definition) is 1. The third-order valence-electron chi connectivity index (χ3n) is 4.92. The predicted molar refractivity (Wildman–Crippen MR) is 94.9 cm³/mol. The van der Waals surface area contributed by atoms with Gasteiger partial charge in [-0.05, 0) is 44.7 Å². The van der Waals surface area contributed by atoms with Crippen LogP contribution in [-0.4, -0.2) is 24.0 Å². The maximum Gasteiger partial charge on any atom is 0.331 e. The average molecular weight is 370 g/mol. The quantitative estimate of drug-likeness (QED) is 0.770. The fraction of sp³-hybridized carbons (Fsp3) is 0.579. The van der Waals surface area contributed by atoms with E-state index in [0.717, 1.165) is 32.1 Å². The van der Waals surface area contributed by atoms with Gasteiger partial charge in [0.1, 0.15) is 11.4 Å². The Balaban J connectivity index is 2.17. The SMILES string of the molecule is CCOC(=O)[C@](C)(NC(=O)Cc1c(F)cccc1Cl)C1CCCCC1. The summed E-state index contributed by atoms with van der Waals surface area (Å²) in [5.41, 5.74) is -0.970. The van der Waals surface area contributed by atoms with Crippen LogP contribution in [0.1, 0.15) is 51.5 Å². The van der Waals surface area contributed by atoms with Crippen LogP contribution in [0, 0.1) is 11.7 Å². The highest BCUT2D eigenvalue weighted by Gasteiger charge is 2.44. The summed E-state index contributed by atoms with van der Waals surface area (Å²) in [4.78, 5) is 25.1. The number of carbonyl (C=O) groups excluding carboxylic acids is 2. The lowest BCUT2D eigenvalue weighted by molar-refractivity contribution is -0.156. The molecule has 0 spiro atoms. The molecular formula is C19H25ClFNO3. The number of ether oxygens (including phenoxy) is 1. The molecule has 0 radical (unpaired) electrons. The second kappa shape index (κ2) is 8.65. The fourth-order valence-electron chi connectivity index (χ4n) is 3.48. The lowest BCUT2D eigenvalue weighted by Gasteiger charge is -2.38. The van der Waals surface area contributed by atoms with Crippen LogP contribution in [0.2, 0.25) is 5.02 Å². The number of carbonyl (C=O) groups is 2. The van der Waals surface area contributed by atoms with Gasteiger partial charge in [0, 0.05) is 10.6 Å². The summed E-state index contributed by atoms with van der Waals surface area (Å²) in [6, 6.07) is 4.29. The van der Waals surface area contributed by atoms with E-state index in [1.165, 1.54) is 12.1 Å². The van der Waals surface area contributed by atoms with Gasteiger partial charge in [0.05, 0.1) is 13.0 Å². The predicted octanol–water partition coefficient (Wildman–Crippen LogP) is 4.04. The van der Waals surface area contributed by atoms with E-state index >= 15 is 0 Å². The minimum Gasteiger partial charge on any atom is -0.464 e. The highest BCUT2D eigenvalue weighted by atomic mass is 35.5. The number of rotatable bonds is 6. The smallest absolute Gasteiger partial charge is 0.331 e. The first-order valence-corrected chi connectivity index (χ1v) is 9.17. The Kier molecular flexibility index (Phi) is 6.82. The summed E-state index contributed by atoms with van der Waals surface area (Å²) in [6.07, 6.45) is 4.68. The number of halogens is 2. The van der Waals surface area contributed by atoms with E-state index in [1.807, 2.05) is 0 Å². The molecule has 0 heterocycles. The standard InChI is InChI=1S/C19H25ClFNO3/c1-3-25-18(24)19(2,13-8-5-4-6-9-13)22-17(23)12-14-15(20)10-7-11-16(14)21/h7,10-11,13H,3-6,8-9,12H2,1-2H3,(H,22,23)/t19-/m1/s1. The summed E-state index contributed by atoms with van der Waals surface area (Å²) in [6.45, 7) is 3.69. The average Bonchev–Trinajstić information content (AvgIpc) is 2.59. The van der Waals surface area contributed by atoms with Gasteiger partial charge in [0.15, 0.2) is 0 Å². The molecule has 0 bridgehead atoms. The molecule has 1 saturated carbocycles. The second-order valence-electron chi connectivity index (χ2n) is 6.68. The zero-order valence-electron chi connectivity index (χ0n) is 14.7. The molecule has 6 heteroatoms. The maximum atomic E-state index is 13.9. The van der Waals surface area contributed by atoms with Crippen molar-refractivity contribution in [3.05, 3.63) is 34.6 Å². The first-order chi connectivity index (χ1) is 11.9. The van der Waals surface area contributed by atoms with E-state index in [1.54, 1.807) is 19.9 Å². The van der Waals surface area contributed by atoms with Gasteiger partial charge in [0.2, 0.25) is 5.91 Å². The van der Waals surface area contributed by atoms with Crippen LogP contribution < -0.4 is 5.32 Å². The molecule has 138 valence electrons. The molecule has 1 aromatic carbocycles. The molecule has 1 aliphatic rings. The monoisotopic (exact) mass is 369 g/mol. The molecule has 1 fully saturated rings.